The van der Waals surface area contributed by atoms with Crippen molar-refractivity contribution in [2.45, 2.75) is 34.1 Å². The summed E-state index contributed by atoms with van der Waals surface area (Å²) in [6.07, 6.45) is 0.979. The number of nitrogens with zero attached hydrogens (tertiary/aromatic N) is 1. The molecule has 0 bridgehead atoms. The van der Waals surface area contributed by atoms with Crippen LogP contribution in [0.3, 0.4) is 0 Å². The zero-order valence-corrected chi connectivity index (χ0v) is 8.36. The summed E-state index contributed by atoms with van der Waals surface area (Å²) in [5.74, 6) is 0. The van der Waals surface area contributed by atoms with Crippen molar-refractivity contribution in [1.29, 1.82) is 0 Å². The lowest BCUT2D eigenvalue weighted by molar-refractivity contribution is 0.524. The lowest BCUT2D eigenvalue weighted by Crippen LogP contribution is -2.16. The van der Waals surface area contributed by atoms with Crippen LogP contribution >= 0.6 is 0 Å². The van der Waals surface area contributed by atoms with Crippen LogP contribution in [0.15, 0.2) is 17.1 Å². The van der Waals surface area contributed by atoms with Crippen LogP contribution in [0.2, 0.25) is 0 Å². The molecule has 0 saturated carbocycles. The average Bonchev–Trinajstić information content (AvgIpc) is 1.88. The summed E-state index contributed by atoms with van der Waals surface area (Å²) in [4.78, 5) is 4.19. The molecule has 0 aliphatic rings. The van der Waals surface area contributed by atoms with Gasteiger partial charge in [-0.05, 0) is 17.4 Å². The number of hydrogen-bond acceptors (Lipinski definition) is 1. The SMILES string of the molecule is C=C(C(CC)=NC)C(C)(C)C. The lowest BCUT2D eigenvalue weighted by atomic mass is 9.84. The minimum Gasteiger partial charge on any atom is -0.293 e. The Balaban J connectivity index is 4.49. The van der Waals surface area contributed by atoms with E-state index in [-0.39, 0.29) is 5.41 Å². The van der Waals surface area contributed by atoms with Crippen molar-refractivity contribution in [3.05, 3.63) is 12.2 Å². The summed E-state index contributed by atoms with van der Waals surface area (Å²) in [5.41, 5.74) is 2.45. The smallest absolute Gasteiger partial charge is 0.0373 e. The highest BCUT2D eigenvalue weighted by Gasteiger charge is 2.17. The maximum Gasteiger partial charge on any atom is 0.0373 e. The molecule has 0 aromatic rings. The summed E-state index contributed by atoms with van der Waals surface area (Å²) >= 11 is 0. The minimum atomic E-state index is 0.158. The zero-order valence-electron chi connectivity index (χ0n) is 8.36. The van der Waals surface area contributed by atoms with Crippen molar-refractivity contribution in [3.8, 4) is 0 Å². The molecule has 0 atom stereocenters. The number of allylic oxidation sites excluding steroid dienone is 1. The fourth-order valence-corrected chi connectivity index (χ4v) is 0.939. The first-order valence-electron chi connectivity index (χ1n) is 4.09. The van der Waals surface area contributed by atoms with Crippen molar-refractivity contribution in [2.75, 3.05) is 7.05 Å². The second-order valence-electron chi connectivity index (χ2n) is 3.75. The molecule has 0 fully saturated rings. The van der Waals surface area contributed by atoms with Gasteiger partial charge in [0.2, 0.25) is 0 Å². The molecule has 0 N–H and O–H groups in total. The third-order valence-electron chi connectivity index (χ3n) is 1.86. The van der Waals surface area contributed by atoms with Gasteiger partial charge in [-0.15, -0.1) is 0 Å². The molecule has 0 aromatic carbocycles. The Hall–Kier alpha value is -0.590. The van der Waals surface area contributed by atoms with E-state index < -0.39 is 0 Å². The zero-order chi connectivity index (χ0) is 9.07. The van der Waals surface area contributed by atoms with E-state index in [2.05, 4.69) is 39.3 Å². The average molecular weight is 153 g/mol. The molecule has 11 heavy (non-hydrogen) atoms. The van der Waals surface area contributed by atoms with Crippen molar-refractivity contribution in [3.63, 3.8) is 0 Å². The van der Waals surface area contributed by atoms with E-state index in [0.717, 1.165) is 17.7 Å². The molecule has 1 heteroatoms. The maximum absolute atomic E-state index is 4.19. The van der Waals surface area contributed by atoms with E-state index in [1.54, 1.807) is 0 Å². The molecule has 0 heterocycles. The first-order valence-corrected chi connectivity index (χ1v) is 4.09. The Morgan fingerprint density at radius 2 is 1.82 bits per heavy atom. The van der Waals surface area contributed by atoms with Crippen LogP contribution in [-0.4, -0.2) is 12.8 Å². The van der Waals surface area contributed by atoms with Crippen molar-refractivity contribution < 1.29 is 0 Å². The van der Waals surface area contributed by atoms with Crippen LogP contribution in [0.5, 0.6) is 0 Å². The van der Waals surface area contributed by atoms with Crippen molar-refractivity contribution in [1.82, 2.24) is 0 Å². The number of aliphatic imine (C=N–C) groups is 1. The highest BCUT2D eigenvalue weighted by Crippen LogP contribution is 2.25. The monoisotopic (exact) mass is 153 g/mol. The van der Waals surface area contributed by atoms with Gasteiger partial charge in [-0.3, -0.25) is 4.99 Å². The molecular weight excluding hydrogens is 134 g/mol. The van der Waals surface area contributed by atoms with Gasteiger partial charge in [-0.1, -0.05) is 34.3 Å². The molecule has 0 spiro atoms. The van der Waals surface area contributed by atoms with E-state index in [4.69, 9.17) is 0 Å². The lowest BCUT2D eigenvalue weighted by Gasteiger charge is -2.22. The molecule has 0 saturated heterocycles. The Morgan fingerprint density at radius 3 is 1.91 bits per heavy atom. The molecule has 0 rings (SSSR count). The molecule has 0 amide bonds. The largest absolute Gasteiger partial charge is 0.293 e. The normalized spacial score (nSPS) is 13.4. The van der Waals surface area contributed by atoms with Gasteiger partial charge in [0.1, 0.15) is 0 Å². The highest BCUT2D eigenvalue weighted by molar-refractivity contribution is 6.00. The standard InChI is InChI=1S/C10H19N/c1-7-9(11-6)8(2)10(3,4)5/h2,7H2,1,3-6H3. The van der Waals surface area contributed by atoms with Crippen LogP contribution in [0, 0.1) is 5.41 Å². The van der Waals surface area contributed by atoms with Crippen molar-refractivity contribution in [2.24, 2.45) is 10.4 Å². The van der Waals surface area contributed by atoms with Crippen LogP contribution in [0.25, 0.3) is 0 Å². The predicted octanol–water partition coefficient (Wildman–Crippen LogP) is 3.07. The maximum atomic E-state index is 4.19. The first kappa shape index (κ1) is 10.4. The first-order chi connectivity index (χ1) is 4.93. The molecule has 0 aromatic heterocycles. The molecule has 0 radical (unpaired) electrons. The molecule has 1 nitrogen and oxygen atoms in total. The Kier molecular flexibility index (Phi) is 3.50. The fraction of sp³-hybridized carbons (Fsp3) is 0.700. The van der Waals surface area contributed by atoms with Gasteiger partial charge in [0.25, 0.3) is 0 Å². The third kappa shape index (κ3) is 2.87. The van der Waals surface area contributed by atoms with E-state index in [0.29, 0.717) is 0 Å². The molecule has 0 aliphatic heterocycles. The van der Waals surface area contributed by atoms with Gasteiger partial charge in [0, 0.05) is 12.8 Å². The Labute approximate surface area is 70.2 Å². The Morgan fingerprint density at radius 1 is 1.36 bits per heavy atom. The summed E-state index contributed by atoms with van der Waals surface area (Å²) < 4.78 is 0. The van der Waals surface area contributed by atoms with E-state index in [1.807, 2.05) is 7.05 Å². The van der Waals surface area contributed by atoms with E-state index in [1.165, 1.54) is 0 Å². The van der Waals surface area contributed by atoms with Gasteiger partial charge < -0.3 is 0 Å². The second kappa shape index (κ2) is 3.70. The van der Waals surface area contributed by atoms with Gasteiger partial charge >= 0.3 is 0 Å². The molecular formula is C10H19N. The molecule has 0 aliphatic carbocycles. The van der Waals surface area contributed by atoms with Gasteiger partial charge in [0.05, 0.1) is 0 Å². The highest BCUT2D eigenvalue weighted by atomic mass is 14.7. The fourth-order valence-electron chi connectivity index (χ4n) is 0.939. The van der Waals surface area contributed by atoms with Crippen LogP contribution < -0.4 is 0 Å². The predicted molar refractivity (Wildman–Crippen MR) is 52.2 cm³/mol. The summed E-state index contributed by atoms with van der Waals surface area (Å²) in [7, 11) is 1.83. The Bertz CT molecular complexity index is 170. The van der Waals surface area contributed by atoms with Gasteiger partial charge in [-0.25, -0.2) is 0 Å². The number of rotatable bonds is 2. The summed E-state index contributed by atoms with van der Waals surface area (Å²) in [6.45, 7) is 12.6. The third-order valence-corrected chi connectivity index (χ3v) is 1.86. The van der Waals surface area contributed by atoms with E-state index >= 15 is 0 Å². The van der Waals surface area contributed by atoms with Gasteiger partial charge in [0.15, 0.2) is 0 Å². The van der Waals surface area contributed by atoms with Crippen LogP contribution in [-0.2, 0) is 0 Å². The van der Waals surface area contributed by atoms with Crippen LogP contribution in [0.1, 0.15) is 34.1 Å². The minimum absolute atomic E-state index is 0.158. The van der Waals surface area contributed by atoms with Gasteiger partial charge in [-0.2, -0.15) is 0 Å². The molecule has 64 valence electrons. The summed E-state index contributed by atoms with van der Waals surface area (Å²) in [5, 5.41) is 0. The van der Waals surface area contributed by atoms with E-state index in [9.17, 15) is 0 Å². The van der Waals surface area contributed by atoms with Crippen LogP contribution in [0.4, 0.5) is 0 Å². The topological polar surface area (TPSA) is 12.4 Å². The quantitative estimate of drug-likeness (QED) is 0.541. The molecule has 0 unspecified atom stereocenters. The summed E-state index contributed by atoms with van der Waals surface area (Å²) in [6, 6.07) is 0. The second-order valence-corrected chi connectivity index (χ2v) is 3.75. The van der Waals surface area contributed by atoms with Crippen molar-refractivity contribution >= 4 is 5.71 Å². The number of hydrogen-bond donors (Lipinski definition) is 0.